The minimum absolute atomic E-state index is 0.0348. The highest BCUT2D eigenvalue weighted by molar-refractivity contribution is 6.90. The summed E-state index contributed by atoms with van der Waals surface area (Å²) >= 11 is 0. The second-order valence-electron chi connectivity index (χ2n) is 29.0. The van der Waals surface area contributed by atoms with E-state index in [0.29, 0.717) is 83.4 Å². The molecule has 5 aromatic rings. The highest BCUT2D eigenvalue weighted by Crippen LogP contribution is 2.48. The number of pyridine rings is 1. The van der Waals surface area contributed by atoms with Crippen molar-refractivity contribution in [3.63, 3.8) is 0 Å². The molecule has 6 fully saturated rings. The minimum atomic E-state index is -2.37. The quantitative estimate of drug-likeness (QED) is 0.0466. The third kappa shape index (κ3) is 14.7. The molecule has 1 aliphatic carbocycles. The molecule has 95 heavy (non-hydrogen) atoms. The van der Waals surface area contributed by atoms with Crippen molar-refractivity contribution in [2.45, 2.75) is 161 Å². The van der Waals surface area contributed by atoms with Gasteiger partial charge in [0.15, 0.2) is 12.6 Å². The van der Waals surface area contributed by atoms with Gasteiger partial charge in [-0.1, -0.05) is 53.5 Å². The smallest absolute Gasteiger partial charge is 0.410 e. The molecule has 23 heteroatoms. The summed E-state index contributed by atoms with van der Waals surface area (Å²) in [6.07, 6.45) is 9.07. The number of ether oxygens (including phenoxy) is 6. The van der Waals surface area contributed by atoms with E-state index in [4.69, 9.17) is 43.4 Å². The molecule has 3 atom stereocenters. The normalized spacial score (nSPS) is 20.3. The average molecular weight is 1330 g/mol. The first-order valence-electron chi connectivity index (χ1n) is 34.1. The fourth-order valence-corrected chi connectivity index (χ4v) is 21.3. The number of methoxy groups -OCH3 is 3. The van der Waals surface area contributed by atoms with Crippen molar-refractivity contribution < 1.29 is 56.4 Å². The molecule has 6 aliphatic rings. The Balaban J connectivity index is 0.778. The van der Waals surface area contributed by atoms with Gasteiger partial charge in [-0.25, -0.2) is 18.4 Å². The molecular weight excluding hydrogens is 1230 g/mol. The molecule has 5 aliphatic heterocycles. The van der Waals surface area contributed by atoms with E-state index >= 15 is 8.78 Å². The zero-order chi connectivity index (χ0) is 67.7. The van der Waals surface area contributed by atoms with E-state index in [1.54, 1.807) is 49.7 Å². The van der Waals surface area contributed by atoms with E-state index in [1.165, 1.54) is 25.2 Å². The molecule has 1 N–H and O–H groups in total. The fraction of sp³-hybridized carbons (Fsp3) is 0.597. The lowest BCUT2D eigenvalue weighted by Gasteiger charge is -2.47. The molecule has 2 unspecified atom stereocenters. The largest absolute Gasteiger partial charge is 0.495 e. The lowest BCUT2D eigenvalue weighted by molar-refractivity contribution is -0.120. The first-order valence-corrected chi connectivity index (χ1v) is 36.4. The molecule has 2 bridgehead atoms. The number of nitrogens with one attached hydrogen (secondary N) is 1. The van der Waals surface area contributed by atoms with Crippen LogP contribution in [-0.4, -0.2) is 197 Å². The van der Waals surface area contributed by atoms with Gasteiger partial charge in [-0.3, -0.25) is 34.6 Å². The Bertz CT molecular complexity index is 3680. The number of piperidine rings is 1. The minimum Gasteiger partial charge on any atom is -0.495 e. The lowest BCUT2D eigenvalue weighted by atomic mass is 9.65. The Morgan fingerprint density at radius 1 is 0.811 bits per heavy atom. The number of carbonyl (C=O) groups is 4. The fourth-order valence-electron chi connectivity index (χ4n) is 16.1. The first kappa shape index (κ1) is 69.1. The molecule has 1 spiro atoms. The maximum Gasteiger partial charge on any atom is 0.410 e. The van der Waals surface area contributed by atoms with Gasteiger partial charge in [-0.15, -0.1) is 5.54 Å². The number of piperazine rings is 2. The number of aromatic nitrogens is 3. The monoisotopic (exact) mass is 1330 g/mol. The van der Waals surface area contributed by atoms with Crippen LogP contribution in [0.2, 0.25) is 16.6 Å². The van der Waals surface area contributed by atoms with Crippen molar-refractivity contribution in [3.05, 3.63) is 71.4 Å². The maximum absolute atomic E-state index is 18.3. The Morgan fingerprint density at radius 3 is 2.13 bits per heavy atom. The third-order valence-electron chi connectivity index (χ3n) is 21.2. The number of halogens is 2. The van der Waals surface area contributed by atoms with Crippen LogP contribution in [0.1, 0.15) is 136 Å². The topological polar surface area (TPSA) is 194 Å². The summed E-state index contributed by atoms with van der Waals surface area (Å²) < 4.78 is 70.3. The van der Waals surface area contributed by atoms with Gasteiger partial charge in [0.1, 0.15) is 60.7 Å². The Morgan fingerprint density at radius 2 is 1.49 bits per heavy atom. The maximum atomic E-state index is 18.3. The van der Waals surface area contributed by atoms with Gasteiger partial charge >= 0.3 is 18.1 Å². The molecule has 0 radical (unpaired) electrons. The van der Waals surface area contributed by atoms with E-state index < -0.39 is 31.3 Å². The number of benzene rings is 3. The summed E-state index contributed by atoms with van der Waals surface area (Å²) in [6.45, 7) is 26.4. The van der Waals surface area contributed by atoms with Gasteiger partial charge < -0.3 is 43.1 Å². The van der Waals surface area contributed by atoms with Crippen LogP contribution in [0.15, 0.2) is 48.7 Å². The zero-order valence-corrected chi connectivity index (χ0v) is 58.6. The number of rotatable bonds is 19. The average Bonchev–Trinajstić information content (AvgIpc) is 1.52. The van der Waals surface area contributed by atoms with Crippen molar-refractivity contribution in [2.75, 3.05) is 117 Å². The number of carbonyl (C=O) groups excluding carboxylic acids is 4. The van der Waals surface area contributed by atoms with Gasteiger partial charge in [0, 0.05) is 115 Å². The third-order valence-corrected chi connectivity index (χ3v) is 27.5. The van der Waals surface area contributed by atoms with Gasteiger partial charge in [0.25, 0.3) is 5.91 Å². The SMILES string of the molecule is COCOc1cc(-c2ncc3c(N4CC5CCC(C4)N5C(=O)OC(C)(C)C)nc(OC[C@@H](CN4CCN(CC5CCC6(CC5)CCN(C(=O)c5ccc(OC)c(N7CCC(=O)NC7=O)c5)CC6)CC4)OC)nc3c2F)c2c(C#C[Si](C(C)C)(C(C)C)C(C)C)c(F)ccc2c1. The number of imide groups is 1. The molecule has 512 valence electrons. The van der Waals surface area contributed by atoms with Crippen molar-refractivity contribution in [3.8, 4) is 40.2 Å². The molecule has 5 amide bonds. The number of hydrogen-bond donors (Lipinski definition) is 1. The van der Waals surface area contributed by atoms with Crippen molar-refractivity contribution in [2.24, 2.45) is 11.3 Å². The Labute approximate surface area is 559 Å². The van der Waals surface area contributed by atoms with Gasteiger partial charge in [-0.2, -0.15) is 9.97 Å². The molecule has 2 aromatic heterocycles. The van der Waals surface area contributed by atoms with Crippen LogP contribution in [0.4, 0.5) is 29.9 Å². The van der Waals surface area contributed by atoms with E-state index in [1.807, 2.05) is 30.6 Å². The predicted molar refractivity (Wildman–Crippen MR) is 365 cm³/mol. The second-order valence-corrected chi connectivity index (χ2v) is 34.6. The number of urea groups is 1. The van der Waals surface area contributed by atoms with Crippen LogP contribution < -0.4 is 29.3 Å². The van der Waals surface area contributed by atoms with Crippen LogP contribution in [0, 0.1) is 34.4 Å². The zero-order valence-electron chi connectivity index (χ0n) is 57.6. The van der Waals surface area contributed by atoms with Gasteiger partial charge in [0.2, 0.25) is 5.91 Å². The first-order chi connectivity index (χ1) is 45.4. The number of amides is 5. The molecular formula is C72H96F2N10O10Si. The summed E-state index contributed by atoms with van der Waals surface area (Å²) in [6, 6.07) is 10.7. The molecule has 1 saturated carbocycles. The van der Waals surface area contributed by atoms with E-state index in [9.17, 15) is 19.2 Å². The number of fused-ring (bicyclic) bond motifs is 4. The van der Waals surface area contributed by atoms with E-state index in [2.05, 4.69) is 73.0 Å². The summed E-state index contributed by atoms with van der Waals surface area (Å²) in [7, 11) is 2.33. The lowest BCUT2D eigenvalue weighted by Crippen LogP contribution is -2.57. The Kier molecular flexibility index (Phi) is 21.0. The summed E-state index contributed by atoms with van der Waals surface area (Å²) in [5.74, 6) is 3.55. The Hall–Kier alpha value is -7.23. The second kappa shape index (κ2) is 28.8. The number of nitrogens with zero attached hydrogens (tertiary/aromatic N) is 9. The van der Waals surface area contributed by atoms with Crippen molar-refractivity contribution >= 4 is 65.2 Å². The van der Waals surface area contributed by atoms with Crippen LogP contribution >= 0.6 is 0 Å². The molecule has 7 heterocycles. The van der Waals surface area contributed by atoms with Crippen molar-refractivity contribution in [1.82, 2.24) is 39.9 Å². The molecule has 3 aromatic carbocycles. The molecule has 11 rings (SSSR count). The number of likely N-dealkylation sites (tertiary alicyclic amines) is 1. The van der Waals surface area contributed by atoms with Crippen LogP contribution in [0.25, 0.3) is 32.9 Å². The van der Waals surface area contributed by atoms with Gasteiger partial charge in [0.05, 0.1) is 35.8 Å². The molecule has 20 nitrogen and oxygen atoms in total. The number of anilines is 2. The van der Waals surface area contributed by atoms with E-state index in [0.717, 1.165) is 84.1 Å². The van der Waals surface area contributed by atoms with Crippen LogP contribution in [0.5, 0.6) is 17.5 Å². The van der Waals surface area contributed by atoms with Crippen LogP contribution in [-0.2, 0) is 19.0 Å². The van der Waals surface area contributed by atoms with Crippen molar-refractivity contribution in [1.29, 1.82) is 0 Å². The summed E-state index contributed by atoms with van der Waals surface area (Å²) in [5, 5.41) is 3.70. The number of hydrogen-bond acceptors (Lipinski definition) is 16. The predicted octanol–water partition coefficient (Wildman–Crippen LogP) is 11.8. The molecule has 5 saturated heterocycles. The highest BCUT2D eigenvalue weighted by atomic mass is 28.3. The highest BCUT2D eigenvalue weighted by Gasteiger charge is 2.46. The summed E-state index contributed by atoms with van der Waals surface area (Å²) in [5.41, 5.74) is 5.40. The van der Waals surface area contributed by atoms with Crippen LogP contribution in [0.3, 0.4) is 0 Å². The standard InChI is InChI=1S/C72H96F2N10O10Si/c1-45(2)95(46(3)4,47(5)6)34-22-55-58(73)17-13-49-35-53(93-44-89-10)37-56(62(49)55)64-63(74)65-57(38-75-64)66(82-40-51-15-16-52(41-82)84(51)70(88)94-71(7,8)9)78-68(77-65)92-43-54(90-11)42-80-32-30-79(31-33-80)39-48-19-23-72(24-20-48)25-28-81(29-26-72)67(86)50-14-18-60(91-12)59(36-50)83-27-21-61(85)76-69(83)87/h13-14,17-18,35-38,45-48,51-52,54H,15-16,19-21,23-33,39-44H2,1-12H3,(H,76,85,87)/t51?,52?,54-/m1/s1. The van der Waals surface area contributed by atoms with E-state index in [-0.39, 0.29) is 113 Å². The summed E-state index contributed by atoms with van der Waals surface area (Å²) in [4.78, 5) is 79.2. The van der Waals surface area contributed by atoms with Gasteiger partial charge in [-0.05, 0) is 142 Å².